The van der Waals surface area contributed by atoms with Crippen LogP contribution in [0.25, 0.3) is 0 Å². The number of piperazine rings is 1. The molecular formula is C20H27F3N6O. The van der Waals surface area contributed by atoms with Crippen LogP contribution in [-0.2, 0) is 19.8 Å². The second-order valence-electron chi connectivity index (χ2n) is 6.99. The molecule has 0 atom stereocenters. The maximum Gasteiger partial charge on any atom is 0.435 e. The Morgan fingerprint density at radius 2 is 1.90 bits per heavy atom. The molecule has 3 rings (SSSR count). The predicted molar refractivity (Wildman–Crippen MR) is 110 cm³/mol. The number of ether oxygens (including phenoxy) is 1. The highest BCUT2D eigenvalue weighted by molar-refractivity contribution is 5.80. The van der Waals surface area contributed by atoms with Crippen LogP contribution in [0, 0.1) is 0 Å². The molecule has 1 aromatic carbocycles. The minimum absolute atomic E-state index is 0.0630. The van der Waals surface area contributed by atoms with Gasteiger partial charge in [-0.2, -0.15) is 18.3 Å². The molecule has 164 valence electrons. The summed E-state index contributed by atoms with van der Waals surface area (Å²) in [4.78, 5) is 8.77. The van der Waals surface area contributed by atoms with Crippen molar-refractivity contribution in [1.29, 1.82) is 0 Å². The molecule has 0 unspecified atom stereocenters. The van der Waals surface area contributed by atoms with Crippen LogP contribution in [0.1, 0.15) is 18.2 Å². The lowest BCUT2D eigenvalue weighted by Gasteiger charge is -2.38. The van der Waals surface area contributed by atoms with Gasteiger partial charge >= 0.3 is 6.18 Å². The molecule has 0 aliphatic carbocycles. The minimum Gasteiger partial charge on any atom is -0.495 e. The number of aromatic nitrogens is 2. The Morgan fingerprint density at radius 3 is 2.53 bits per heavy atom. The highest BCUT2D eigenvalue weighted by Gasteiger charge is 2.36. The highest BCUT2D eigenvalue weighted by atomic mass is 19.4. The van der Waals surface area contributed by atoms with Crippen LogP contribution in [0.15, 0.2) is 35.5 Å². The Morgan fingerprint density at radius 1 is 1.20 bits per heavy atom. The third-order valence-electron chi connectivity index (χ3n) is 4.91. The number of para-hydroxylation sites is 2. The number of guanidine groups is 1. The fourth-order valence-electron chi connectivity index (χ4n) is 3.53. The number of hydrogen-bond acceptors (Lipinski definition) is 4. The maximum absolute atomic E-state index is 13.2. The van der Waals surface area contributed by atoms with Crippen LogP contribution in [0.3, 0.4) is 0 Å². The molecule has 0 saturated carbocycles. The van der Waals surface area contributed by atoms with Crippen LogP contribution in [-0.4, -0.2) is 60.5 Å². The summed E-state index contributed by atoms with van der Waals surface area (Å²) >= 11 is 0. The number of rotatable bonds is 5. The molecule has 1 aliphatic heterocycles. The van der Waals surface area contributed by atoms with E-state index in [0.717, 1.165) is 24.5 Å². The van der Waals surface area contributed by atoms with Crippen molar-refractivity contribution >= 4 is 11.6 Å². The molecular weight excluding hydrogens is 397 g/mol. The number of nitrogens with zero attached hydrogens (tertiary/aromatic N) is 5. The Bertz CT molecular complexity index is 872. The number of alkyl halides is 3. The van der Waals surface area contributed by atoms with Gasteiger partial charge in [0.05, 0.1) is 19.3 Å². The number of anilines is 1. The van der Waals surface area contributed by atoms with E-state index in [-0.39, 0.29) is 12.1 Å². The number of aliphatic imine (C=N–C) groups is 1. The summed E-state index contributed by atoms with van der Waals surface area (Å²) in [5, 5.41) is 6.74. The number of aryl methyl sites for hydroxylation is 1. The van der Waals surface area contributed by atoms with Crippen molar-refractivity contribution in [3.8, 4) is 5.75 Å². The third kappa shape index (κ3) is 4.98. The molecule has 1 saturated heterocycles. The van der Waals surface area contributed by atoms with E-state index in [1.807, 2.05) is 31.2 Å². The second kappa shape index (κ2) is 9.27. The molecule has 10 heteroatoms. The first kappa shape index (κ1) is 21.8. The van der Waals surface area contributed by atoms with Gasteiger partial charge in [-0.1, -0.05) is 12.1 Å². The number of benzene rings is 1. The Hall–Kier alpha value is -2.91. The molecule has 1 fully saturated rings. The van der Waals surface area contributed by atoms with Crippen molar-refractivity contribution in [3.63, 3.8) is 0 Å². The van der Waals surface area contributed by atoms with E-state index in [1.54, 1.807) is 7.11 Å². The summed E-state index contributed by atoms with van der Waals surface area (Å²) in [7, 11) is 3.13. The van der Waals surface area contributed by atoms with Gasteiger partial charge in [-0.15, -0.1) is 0 Å². The van der Waals surface area contributed by atoms with E-state index >= 15 is 0 Å². The Labute approximate surface area is 174 Å². The Kier molecular flexibility index (Phi) is 6.73. The number of methoxy groups -OCH3 is 1. The minimum atomic E-state index is -4.50. The SMILES string of the molecule is CCNC(=NCc1cn(C)nc1C(F)(F)F)N1CCN(c2ccccc2OC)CC1. The normalized spacial score (nSPS) is 15.5. The smallest absolute Gasteiger partial charge is 0.435 e. The van der Waals surface area contributed by atoms with E-state index in [2.05, 4.69) is 25.2 Å². The molecule has 0 bridgehead atoms. The highest BCUT2D eigenvalue weighted by Crippen LogP contribution is 2.31. The number of nitrogens with one attached hydrogen (secondary N) is 1. The summed E-state index contributed by atoms with van der Waals surface area (Å²) < 4.78 is 46.2. The van der Waals surface area contributed by atoms with Crippen molar-refractivity contribution in [3.05, 3.63) is 41.7 Å². The van der Waals surface area contributed by atoms with Crippen LogP contribution in [0.2, 0.25) is 0 Å². The first-order valence-corrected chi connectivity index (χ1v) is 9.84. The lowest BCUT2D eigenvalue weighted by atomic mass is 10.2. The van der Waals surface area contributed by atoms with Gasteiger partial charge in [-0.25, -0.2) is 4.99 Å². The maximum atomic E-state index is 13.2. The first-order valence-electron chi connectivity index (χ1n) is 9.84. The molecule has 7 nitrogen and oxygen atoms in total. The number of halogens is 3. The van der Waals surface area contributed by atoms with Crippen molar-refractivity contribution < 1.29 is 17.9 Å². The molecule has 0 spiro atoms. The summed E-state index contributed by atoms with van der Waals surface area (Å²) in [5.74, 6) is 1.43. The van der Waals surface area contributed by atoms with Crippen molar-refractivity contribution in [2.45, 2.75) is 19.6 Å². The fraction of sp³-hybridized carbons (Fsp3) is 0.500. The number of hydrogen-bond donors (Lipinski definition) is 1. The van der Waals surface area contributed by atoms with Crippen LogP contribution < -0.4 is 15.0 Å². The zero-order valence-electron chi connectivity index (χ0n) is 17.4. The van der Waals surface area contributed by atoms with E-state index in [0.29, 0.717) is 25.6 Å². The standard InChI is InChI=1S/C20H27F3N6O/c1-4-24-19(25-13-15-14-27(2)26-18(15)20(21,22)23)29-11-9-28(10-12-29)16-7-5-6-8-17(16)30-3/h5-8,14H,4,9-13H2,1-3H3,(H,24,25). The van der Waals surface area contributed by atoms with Gasteiger partial charge in [0, 0.05) is 51.5 Å². The molecule has 0 radical (unpaired) electrons. The average Bonchev–Trinajstić information content (AvgIpc) is 3.12. The van der Waals surface area contributed by atoms with E-state index in [1.165, 1.54) is 17.9 Å². The largest absolute Gasteiger partial charge is 0.495 e. The van der Waals surface area contributed by atoms with Gasteiger partial charge < -0.3 is 19.9 Å². The molecule has 2 aromatic rings. The van der Waals surface area contributed by atoms with Crippen molar-refractivity contribution in [1.82, 2.24) is 20.0 Å². The van der Waals surface area contributed by atoms with E-state index in [9.17, 15) is 13.2 Å². The zero-order valence-corrected chi connectivity index (χ0v) is 17.4. The first-order chi connectivity index (χ1) is 14.3. The van der Waals surface area contributed by atoms with Gasteiger partial charge in [0.15, 0.2) is 11.7 Å². The summed E-state index contributed by atoms with van der Waals surface area (Å²) in [6, 6.07) is 7.86. The predicted octanol–water partition coefficient (Wildman–Crippen LogP) is 2.74. The molecule has 2 heterocycles. The van der Waals surface area contributed by atoms with Crippen LogP contribution in [0.5, 0.6) is 5.75 Å². The average molecular weight is 424 g/mol. The molecule has 1 aromatic heterocycles. The van der Waals surface area contributed by atoms with Crippen LogP contribution >= 0.6 is 0 Å². The topological polar surface area (TPSA) is 57.9 Å². The van der Waals surface area contributed by atoms with Gasteiger partial charge in [0.1, 0.15) is 5.75 Å². The second-order valence-corrected chi connectivity index (χ2v) is 6.99. The summed E-state index contributed by atoms with van der Waals surface area (Å²) in [6.45, 7) is 5.39. The molecule has 1 N–H and O–H groups in total. The zero-order chi connectivity index (χ0) is 21.7. The Balaban J connectivity index is 1.71. The summed E-state index contributed by atoms with van der Waals surface area (Å²) in [5.41, 5.74) is 0.213. The van der Waals surface area contributed by atoms with Crippen molar-refractivity contribution in [2.24, 2.45) is 12.0 Å². The van der Waals surface area contributed by atoms with Crippen molar-refractivity contribution in [2.75, 3.05) is 44.7 Å². The van der Waals surface area contributed by atoms with Gasteiger partial charge in [-0.05, 0) is 19.1 Å². The molecule has 0 amide bonds. The lowest BCUT2D eigenvalue weighted by molar-refractivity contribution is -0.142. The van der Waals surface area contributed by atoms with Gasteiger partial charge in [0.25, 0.3) is 0 Å². The van der Waals surface area contributed by atoms with Gasteiger partial charge in [-0.3, -0.25) is 4.68 Å². The third-order valence-corrected chi connectivity index (χ3v) is 4.91. The fourth-order valence-corrected chi connectivity index (χ4v) is 3.53. The monoisotopic (exact) mass is 424 g/mol. The van der Waals surface area contributed by atoms with Crippen LogP contribution in [0.4, 0.5) is 18.9 Å². The molecule has 30 heavy (non-hydrogen) atoms. The lowest BCUT2D eigenvalue weighted by Crippen LogP contribution is -2.52. The molecule has 1 aliphatic rings. The summed E-state index contributed by atoms with van der Waals surface area (Å²) in [6.07, 6.45) is -3.12. The van der Waals surface area contributed by atoms with E-state index < -0.39 is 11.9 Å². The van der Waals surface area contributed by atoms with Gasteiger partial charge in [0.2, 0.25) is 0 Å². The quantitative estimate of drug-likeness (QED) is 0.591. The van der Waals surface area contributed by atoms with E-state index in [4.69, 9.17) is 4.74 Å².